The highest BCUT2D eigenvalue weighted by Gasteiger charge is 2.22. The maximum Gasteiger partial charge on any atom is 0.228 e. The fourth-order valence-electron chi connectivity index (χ4n) is 2.16. The van der Waals surface area contributed by atoms with E-state index in [1.165, 1.54) is 0 Å². The van der Waals surface area contributed by atoms with E-state index in [9.17, 15) is 4.79 Å². The predicted octanol–water partition coefficient (Wildman–Crippen LogP) is 1.87. The van der Waals surface area contributed by atoms with E-state index in [0.29, 0.717) is 18.7 Å². The van der Waals surface area contributed by atoms with E-state index in [-0.39, 0.29) is 17.4 Å². The number of rotatable bonds is 3. The molecule has 2 heterocycles. The van der Waals surface area contributed by atoms with E-state index < -0.39 is 0 Å². The summed E-state index contributed by atoms with van der Waals surface area (Å²) < 4.78 is 5.24. The van der Waals surface area contributed by atoms with Crippen LogP contribution in [0.15, 0.2) is 4.52 Å². The normalized spacial score (nSPS) is 20.8. The molecule has 0 radical (unpaired) electrons. The van der Waals surface area contributed by atoms with Gasteiger partial charge in [0.1, 0.15) is 0 Å². The van der Waals surface area contributed by atoms with Crippen molar-refractivity contribution in [2.24, 2.45) is 5.41 Å². The van der Waals surface area contributed by atoms with Crippen LogP contribution in [-0.4, -0.2) is 22.1 Å². The first-order chi connectivity index (χ1) is 8.42. The zero-order valence-electron chi connectivity index (χ0n) is 11.3. The van der Waals surface area contributed by atoms with Crippen molar-refractivity contribution in [3.63, 3.8) is 0 Å². The molecule has 0 saturated carbocycles. The molecule has 1 N–H and O–H groups in total. The van der Waals surface area contributed by atoms with Gasteiger partial charge in [0.25, 0.3) is 0 Å². The van der Waals surface area contributed by atoms with Gasteiger partial charge in [0, 0.05) is 25.3 Å². The second-order valence-electron chi connectivity index (χ2n) is 6.20. The standard InChI is InChI=1S/C13H21N3O2/c1-13(2,3)8-10-15-12(18-16-10)7-9-5-4-6-11(17)14-9/h9H,4-8H2,1-3H3,(H,14,17). The van der Waals surface area contributed by atoms with Gasteiger partial charge >= 0.3 is 0 Å². The SMILES string of the molecule is CC(C)(C)Cc1noc(CC2CCCC(=O)N2)n1. The molecule has 0 aliphatic carbocycles. The Morgan fingerprint density at radius 2 is 2.22 bits per heavy atom. The molecule has 100 valence electrons. The van der Waals surface area contributed by atoms with Gasteiger partial charge in [-0.15, -0.1) is 0 Å². The van der Waals surface area contributed by atoms with Crippen LogP contribution in [0.1, 0.15) is 51.7 Å². The molecule has 1 aromatic rings. The van der Waals surface area contributed by atoms with Crippen molar-refractivity contribution in [1.29, 1.82) is 0 Å². The van der Waals surface area contributed by atoms with Crippen LogP contribution in [0.25, 0.3) is 0 Å². The Bertz CT molecular complexity index is 420. The van der Waals surface area contributed by atoms with Crippen LogP contribution in [0.3, 0.4) is 0 Å². The minimum atomic E-state index is 0.126. The van der Waals surface area contributed by atoms with Gasteiger partial charge in [-0.25, -0.2) is 0 Å². The Labute approximate surface area is 107 Å². The van der Waals surface area contributed by atoms with E-state index in [1.807, 2.05) is 0 Å². The monoisotopic (exact) mass is 251 g/mol. The number of carbonyl (C=O) groups is 1. The van der Waals surface area contributed by atoms with E-state index in [1.54, 1.807) is 0 Å². The molecule has 1 unspecified atom stereocenters. The Balaban J connectivity index is 1.92. The third-order valence-corrected chi connectivity index (χ3v) is 2.94. The number of piperidine rings is 1. The highest BCUT2D eigenvalue weighted by atomic mass is 16.5. The summed E-state index contributed by atoms with van der Waals surface area (Å²) in [6, 6.07) is 0.147. The molecule has 1 aliphatic rings. The molecule has 1 saturated heterocycles. The van der Waals surface area contributed by atoms with Crippen LogP contribution in [0.4, 0.5) is 0 Å². The number of hydrogen-bond acceptors (Lipinski definition) is 4. The van der Waals surface area contributed by atoms with Crippen molar-refractivity contribution >= 4 is 5.91 Å². The van der Waals surface area contributed by atoms with Gasteiger partial charge in [-0.05, 0) is 18.3 Å². The van der Waals surface area contributed by atoms with Crippen LogP contribution in [0.2, 0.25) is 0 Å². The van der Waals surface area contributed by atoms with Gasteiger partial charge in [0.15, 0.2) is 5.82 Å². The lowest BCUT2D eigenvalue weighted by molar-refractivity contribution is -0.123. The maximum absolute atomic E-state index is 11.3. The third kappa shape index (κ3) is 3.82. The molecule has 1 atom stereocenters. The molecule has 1 fully saturated rings. The van der Waals surface area contributed by atoms with E-state index in [4.69, 9.17) is 4.52 Å². The maximum atomic E-state index is 11.3. The Kier molecular flexibility index (Phi) is 3.68. The van der Waals surface area contributed by atoms with E-state index in [0.717, 1.165) is 25.1 Å². The summed E-state index contributed by atoms with van der Waals surface area (Å²) in [6.45, 7) is 6.43. The quantitative estimate of drug-likeness (QED) is 0.890. The van der Waals surface area contributed by atoms with Gasteiger partial charge < -0.3 is 9.84 Å². The molecule has 2 rings (SSSR count). The fraction of sp³-hybridized carbons (Fsp3) is 0.769. The third-order valence-electron chi connectivity index (χ3n) is 2.94. The lowest BCUT2D eigenvalue weighted by Gasteiger charge is -2.21. The molecule has 5 heteroatoms. The number of nitrogens with zero attached hydrogens (tertiary/aromatic N) is 2. The molecular formula is C13H21N3O2. The molecule has 0 bridgehead atoms. The fourth-order valence-corrected chi connectivity index (χ4v) is 2.16. The Hall–Kier alpha value is -1.39. The zero-order chi connectivity index (χ0) is 13.2. The van der Waals surface area contributed by atoms with Crippen molar-refractivity contribution in [1.82, 2.24) is 15.5 Å². The second kappa shape index (κ2) is 5.08. The number of amides is 1. The molecule has 1 aliphatic heterocycles. The molecule has 0 aromatic carbocycles. The number of aromatic nitrogens is 2. The van der Waals surface area contributed by atoms with Crippen LogP contribution >= 0.6 is 0 Å². The van der Waals surface area contributed by atoms with Crippen LogP contribution in [0.5, 0.6) is 0 Å². The zero-order valence-corrected chi connectivity index (χ0v) is 11.3. The summed E-state index contributed by atoms with van der Waals surface area (Å²) in [5.41, 5.74) is 0.153. The largest absolute Gasteiger partial charge is 0.353 e. The van der Waals surface area contributed by atoms with Crippen LogP contribution in [0, 0.1) is 5.41 Å². The Morgan fingerprint density at radius 3 is 2.89 bits per heavy atom. The second-order valence-corrected chi connectivity index (χ2v) is 6.20. The summed E-state index contributed by atoms with van der Waals surface area (Å²) in [6.07, 6.45) is 4.01. The molecule has 18 heavy (non-hydrogen) atoms. The summed E-state index contributed by atoms with van der Waals surface area (Å²) >= 11 is 0. The molecule has 5 nitrogen and oxygen atoms in total. The smallest absolute Gasteiger partial charge is 0.228 e. The molecule has 1 aromatic heterocycles. The highest BCUT2D eigenvalue weighted by molar-refractivity contribution is 5.76. The van der Waals surface area contributed by atoms with Gasteiger partial charge in [0.2, 0.25) is 11.8 Å². The average molecular weight is 251 g/mol. The lowest BCUT2D eigenvalue weighted by atomic mass is 9.92. The van der Waals surface area contributed by atoms with Gasteiger partial charge in [-0.2, -0.15) is 4.98 Å². The summed E-state index contributed by atoms with van der Waals surface area (Å²) in [5, 5.41) is 6.94. The summed E-state index contributed by atoms with van der Waals surface area (Å²) in [7, 11) is 0. The number of hydrogen-bond donors (Lipinski definition) is 1. The summed E-state index contributed by atoms with van der Waals surface area (Å²) in [5.74, 6) is 1.50. The van der Waals surface area contributed by atoms with Gasteiger partial charge in [-0.3, -0.25) is 4.79 Å². The first kappa shape index (κ1) is 13.1. The number of nitrogens with one attached hydrogen (secondary N) is 1. The number of carbonyl (C=O) groups excluding carboxylic acids is 1. The van der Waals surface area contributed by atoms with E-state index >= 15 is 0 Å². The minimum Gasteiger partial charge on any atom is -0.353 e. The van der Waals surface area contributed by atoms with Crippen molar-refractivity contribution in [3.8, 4) is 0 Å². The van der Waals surface area contributed by atoms with Crippen LogP contribution in [-0.2, 0) is 17.6 Å². The van der Waals surface area contributed by atoms with E-state index in [2.05, 4.69) is 36.2 Å². The minimum absolute atomic E-state index is 0.126. The van der Waals surface area contributed by atoms with Crippen molar-refractivity contribution in [2.45, 2.75) is 58.9 Å². The van der Waals surface area contributed by atoms with Gasteiger partial charge in [-0.1, -0.05) is 25.9 Å². The average Bonchev–Trinajstić information content (AvgIpc) is 2.62. The first-order valence-electron chi connectivity index (χ1n) is 6.53. The van der Waals surface area contributed by atoms with Crippen molar-refractivity contribution in [2.75, 3.05) is 0 Å². The first-order valence-corrected chi connectivity index (χ1v) is 6.53. The summed E-state index contributed by atoms with van der Waals surface area (Å²) in [4.78, 5) is 15.7. The Morgan fingerprint density at radius 1 is 1.44 bits per heavy atom. The molecule has 0 spiro atoms. The van der Waals surface area contributed by atoms with Crippen molar-refractivity contribution in [3.05, 3.63) is 11.7 Å². The van der Waals surface area contributed by atoms with Crippen LogP contribution < -0.4 is 5.32 Å². The topological polar surface area (TPSA) is 68.0 Å². The van der Waals surface area contributed by atoms with Gasteiger partial charge in [0.05, 0.1) is 0 Å². The van der Waals surface area contributed by atoms with Crippen molar-refractivity contribution < 1.29 is 9.32 Å². The molecule has 1 amide bonds. The lowest BCUT2D eigenvalue weighted by Crippen LogP contribution is -2.40. The predicted molar refractivity (Wildman–Crippen MR) is 66.9 cm³/mol. The highest BCUT2D eigenvalue weighted by Crippen LogP contribution is 2.19. The molecular weight excluding hydrogens is 230 g/mol.